The molecule has 0 radical (unpaired) electrons. The van der Waals surface area contributed by atoms with Crippen molar-refractivity contribution in [1.29, 1.82) is 0 Å². The quantitative estimate of drug-likeness (QED) is 0.681. The van der Waals surface area contributed by atoms with Gasteiger partial charge in [-0.05, 0) is 56.2 Å². The molecule has 150 valence electrons. The predicted octanol–water partition coefficient (Wildman–Crippen LogP) is 3.38. The van der Waals surface area contributed by atoms with Gasteiger partial charge in [-0.2, -0.15) is 0 Å². The second-order valence-corrected chi connectivity index (χ2v) is 8.56. The third-order valence-corrected chi connectivity index (χ3v) is 6.18. The molecule has 0 atom stereocenters. The van der Waals surface area contributed by atoms with Crippen molar-refractivity contribution in [3.63, 3.8) is 0 Å². The van der Waals surface area contributed by atoms with Crippen molar-refractivity contribution in [2.45, 2.75) is 31.6 Å². The second-order valence-electron chi connectivity index (χ2n) is 6.52. The van der Waals surface area contributed by atoms with Crippen LogP contribution in [0.5, 0.6) is 0 Å². The van der Waals surface area contributed by atoms with Crippen LogP contribution >= 0.6 is 0 Å². The van der Waals surface area contributed by atoms with Crippen LogP contribution in [0.25, 0.3) is 0 Å². The van der Waals surface area contributed by atoms with E-state index in [2.05, 4.69) is 5.32 Å². The first kappa shape index (κ1) is 21.7. The zero-order chi connectivity index (χ0) is 20.9. The van der Waals surface area contributed by atoms with Gasteiger partial charge in [-0.25, -0.2) is 17.1 Å². The van der Waals surface area contributed by atoms with E-state index in [0.29, 0.717) is 23.2 Å². The Labute approximate surface area is 164 Å². The number of hydrogen-bond donors (Lipinski definition) is 1. The maximum Gasteiger partial charge on any atom is 0.242 e. The summed E-state index contributed by atoms with van der Waals surface area (Å²) < 4.78 is 39.4. The van der Waals surface area contributed by atoms with Crippen LogP contribution in [0.2, 0.25) is 0 Å². The summed E-state index contributed by atoms with van der Waals surface area (Å²) in [6.45, 7) is 3.26. The summed E-state index contributed by atoms with van der Waals surface area (Å²) in [5.41, 5.74) is 1.58. The van der Waals surface area contributed by atoms with E-state index in [1.54, 1.807) is 6.92 Å². The Hall–Kier alpha value is -2.58. The maximum absolute atomic E-state index is 13.1. The molecule has 0 fully saturated rings. The molecule has 6 nitrogen and oxygen atoms in total. The fourth-order valence-corrected chi connectivity index (χ4v) is 3.81. The summed E-state index contributed by atoms with van der Waals surface area (Å²) in [5, 5.41) is 2.69. The van der Waals surface area contributed by atoms with E-state index >= 15 is 0 Å². The van der Waals surface area contributed by atoms with Crippen LogP contribution in [0, 0.1) is 12.7 Å². The highest BCUT2D eigenvalue weighted by molar-refractivity contribution is 7.89. The van der Waals surface area contributed by atoms with Crippen molar-refractivity contribution in [2.24, 2.45) is 0 Å². The number of carbonyl (C=O) groups excluding carboxylic acids is 2. The van der Waals surface area contributed by atoms with Crippen LogP contribution in [0.3, 0.4) is 0 Å². The molecule has 0 aliphatic rings. The number of benzene rings is 2. The van der Waals surface area contributed by atoms with Gasteiger partial charge in [-0.1, -0.05) is 12.1 Å². The second kappa shape index (κ2) is 9.07. The predicted molar refractivity (Wildman–Crippen MR) is 105 cm³/mol. The molecule has 1 N–H and O–H groups in total. The van der Waals surface area contributed by atoms with E-state index in [-0.39, 0.29) is 35.4 Å². The fourth-order valence-electron chi connectivity index (χ4n) is 2.60. The van der Waals surface area contributed by atoms with Crippen LogP contribution in [-0.4, -0.2) is 38.0 Å². The number of nitrogens with zero attached hydrogens (tertiary/aromatic N) is 1. The van der Waals surface area contributed by atoms with E-state index in [4.69, 9.17) is 0 Å². The summed E-state index contributed by atoms with van der Waals surface area (Å²) in [6.07, 6.45) is 0.452. The molecule has 2 rings (SSSR count). The molecule has 0 heterocycles. The lowest BCUT2D eigenvalue weighted by atomic mass is 10.2. The number of Topliss-reactive ketones (excluding diaryl/α,β-unsaturated/α-hetero) is 1. The van der Waals surface area contributed by atoms with Crippen LogP contribution in [0.1, 0.15) is 35.7 Å². The summed E-state index contributed by atoms with van der Waals surface area (Å²) in [5.74, 6) is -0.787. The number of anilines is 1. The van der Waals surface area contributed by atoms with Crippen LogP contribution in [0.15, 0.2) is 47.4 Å². The normalized spacial score (nSPS) is 11.5. The van der Waals surface area contributed by atoms with Crippen molar-refractivity contribution >= 4 is 27.4 Å². The number of nitrogens with one attached hydrogen (secondary N) is 1. The van der Waals surface area contributed by atoms with Crippen molar-refractivity contribution in [1.82, 2.24) is 4.31 Å². The van der Waals surface area contributed by atoms with Gasteiger partial charge in [0.2, 0.25) is 15.9 Å². The van der Waals surface area contributed by atoms with Gasteiger partial charge in [-0.15, -0.1) is 0 Å². The first-order chi connectivity index (χ1) is 13.1. The van der Waals surface area contributed by atoms with Crippen molar-refractivity contribution < 1.29 is 22.4 Å². The summed E-state index contributed by atoms with van der Waals surface area (Å²) in [4.78, 5) is 23.4. The first-order valence-electron chi connectivity index (χ1n) is 8.74. The maximum atomic E-state index is 13.1. The van der Waals surface area contributed by atoms with Gasteiger partial charge < -0.3 is 5.32 Å². The number of halogens is 1. The highest BCUT2D eigenvalue weighted by atomic mass is 32.2. The molecule has 0 saturated carbocycles. The van der Waals surface area contributed by atoms with Crippen molar-refractivity contribution in [3.8, 4) is 0 Å². The molecule has 0 bridgehead atoms. The van der Waals surface area contributed by atoms with E-state index in [1.165, 1.54) is 60.7 Å². The number of carbonyl (C=O) groups is 2. The smallest absolute Gasteiger partial charge is 0.242 e. The molecule has 0 saturated heterocycles. The molecule has 2 aromatic rings. The fraction of sp³-hybridized carbons (Fsp3) is 0.300. The zero-order valence-corrected chi connectivity index (χ0v) is 16.8. The minimum atomic E-state index is -3.70. The molecule has 1 amide bonds. The molecular formula is C20H23FN2O4S. The topological polar surface area (TPSA) is 83.6 Å². The molecule has 0 spiro atoms. The van der Waals surface area contributed by atoms with Crippen LogP contribution in [0.4, 0.5) is 10.1 Å². The Bertz CT molecular complexity index is 972. The van der Waals surface area contributed by atoms with Crippen LogP contribution in [-0.2, 0) is 14.8 Å². The Balaban J connectivity index is 1.90. The number of ketones is 1. The monoisotopic (exact) mass is 406 g/mol. The van der Waals surface area contributed by atoms with E-state index in [0.717, 1.165) is 0 Å². The summed E-state index contributed by atoms with van der Waals surface area (Å²) in [7, 11) is -2.26. The minimum absolute atomic E-state index is 0.0892. The molecule has 2 aromatic carbocycles. The van der Waals surface area contributed by atoms with E-state index in [9.17, 15) is 22.4 Å². The number of aryl methyl sites for hydroxylation is 1. The van der Waals surface area contributed by atoms with E-state index < -0.39 is 10.0 Å². The Kier molecular flexibility index (Phi) is 7.04. The lowest BCUT2D eigenvalue weighted by Crippen LogP contribution is -2.28. The minimum Gasteiger partial charge on any atom is -0.326 e. The first-order valence-corrected chi connectivity index (χ1v) is 10.2. The van der Waals surface area contributed by atoms with Gasteiger partial charge in [-0.3, -0.25) is 9.59 Å². The molecule has 8 heteroatoms. The molecule has 0 unspecified atom stereocenters. The largest absolute Gasteiger partial charge is 0.326 e. The lowest BCUT2D eigenvalue weighted by molar-refractivity contribution is -0.116. The average molecular weight is 406 g/mol. The van der Waals surface area contributed by atoms with Crippen molar-refractivity contribution in [3.05, 3.63) is 59.4 Å². The van der Waals surface area contributed by atoms with Gasteiger partial charge in [0.25, 0.3) is 0 Å². The van der Waals surface area contributed by atoms with Gasteiger partial charge in [0.1, 0.15) is 5.82 Å². The number of sulfonamides is 1. The molecule has 28 heavy (non-hydrogen) atoms. The highest BCUT2D eigenvalue weighted by Gasteiger charge is 2.20. The molecule has 0 aliphatic carbocycles. The number of rotatable bonds is 8. The Morgan fingerprint density at radius 2 is 1.75 bits per heavy atom. The van der Waals surface area contributed by atoms with E-state index in [1.807, 2.05) is 0 Å². The Morgan fingerprint density at radius 1 is 1.11 bits per heavy atom. The Morgan fingerprint density at radius 3 is 2.32 bits per heavy atom. The third kappa shape index (κ3) is 5.46. The SMILES string of the molecule is CC(=O)c1ccc(S(=O)(=O)N(C)CCCC(=O)Nc2ccc(F)cc2C)cc1. The number of amides is 1. The number of hydrogen-bond acceptors (Lipinski definition) is 4. The molecular weight excluding hydrogens is 383 g/mol. The van der Waals surface area contributed by atoms with Gasteiger partial charge in [0.15, 0.2) is 5.78 Å². The molecule has 0 aliphatic heterocycles. The van der Waals surface area contributed by atoms with Crippen molar-refractivity contribution in [2.75, 3.05) is 18.9 Å². The molecule has 0 aromatic heterocycles. The van der Waals surface area contributed by atoms with Gasteiger partial charge in [0.05, 0.1) is 4.90 Å². The third-order valence-electron chi connectivity index (χ3n) is 4.31. The lowest BCUT2D eigenvalue weighted by Gasteiger charge is -2.17. The summed E-state index contributed by atoms with van der Waals surface area (Å²) in [6, 6.07) is 9.82. The highest BCUT2D eigenvalue weighted by Crippen LogP contribution is 2.18. The van der Waals surface area contributed by atoms with Crippen LogP contribution < -0.4 is 5.32 Å². The van der Waals surface area contributed by atoms with Gasteiger partial charge >= 0.3 is 0 Å². The average Bonchev–Trinajstić information content (AvgIpc) is 2.64. The zero-order valence-electron chi connectivity index (χ0n) is 16.0. The standard InChI is InChI=1S/C20H23FN2O4S/c1-14-13-17(21)8-11-19(14)22-20(25)5-4-12-23(3)28(26,27)18-9-6-16(7-10-18)15(2)24/h6-11,13H,4-5,12H2,1-3H3,(H,22,25). The van der Waals surface area contributed by atoms with Gasteiger partial charge in [0, 0.05) is 31.3 Å². The summed E-state index contributed by atoms with van der Waals surface area (Å²) >= 11 is 0.